The lowest BCUT2D eigenvalue weighted by Gasteiger charge is -2.35. The van der Waals surface area contributed by atoms with E-state index in [1.807, 2.05) is 61.2 Å². The highest BCUT2D eigenvalue weighted by Crippen LogP contribution is 2.38. The molecule has 1 atom stereocenters. The Morgan fingerprint density at radius 1 is 1.00 bits per heavy atom. The lowest BCUT2D eigenvalue weighted by atomic mass is 9.78. The van der Waals surface area contributed by atoms with Gasteiger partial charge in [0.1, 0.15) is 5.60 Å². The van der Waals surface area contributed by atoms with Crippen LogP contribution in [0.3, 0.4) is 0 Å². The molecular weight excluding hydrogens is 458 g/mol. The average molecular weight is 490 g/mol. The third-order valence-corrected chi connectivity index (χ3v) is 6.97. The Morgan fingerprint density at radius 3 is 2.29 bits per heavy atom. The number of rotatable bonds is 6. The smallest absolute Gasteiger partial charge is 0.219 e. The highest BCUT2D eigenvalue weighted by molar-refractivity contribution is 6.30. The number of aliphatic hydroxyl groups is 1. The molecule has 1 aromatic heterocycles. The fraction of sp³-hybridized carbons (Fsp3) is 0.310. The fourth-order valence-corrected chi connectivity index (χ4v) is 4.86. The molecule has 4 rings (SSSR count). The quantitative estimate of drug-likeness (QED) is 0.467. The summed E-state index contributed by atoms with van der Waals surface area (Å²) in [5.41, 5.74) is 3.44. The number of benzene rings is 2. The maximum absolute atomic E-state index is 11.7. The number of carbonyl (C=O) groups excluding carboxylic acids is 1. The summed E-state index contributed by atoms with van der Waals surface area (Å²) in [4.78, 5) is 20.0. The van der Waals surface area contributed by atoms with Crippen molar-refractivity contribution in [1.82, 2.24) is 9.88 Å². The van der Waals surface area contributed by atoms with Crippen molar-refractivity contribution in [2.75, 3.05) is 31.1 Å². The van der Waals surface area contributed by atoms with E-state index >= 15 is 0 Å². The minimum absolute atomic E-state index is 0.0770. The van der Waals surface area contributed by atoms with Crippen molar-refractivity contribution in [3.05, 3.63) is 94.3 Å². The summed E-state index contributed by atoms with van der Waals surface area (Å²) in [5, 5.41) is 12.3. The Morgan fingerprint density at radius 2 is 1.69 bits per heavy atom. The summed E-state index contributed by atoms with van der Waals surface area (Å²) < 4.78 is 0. The van der Waals surface area contributed by atoms with Gasteiger partial charge in [0.05, 0.1) is 0 Å². The first-order valence-electron chi connectivity index (χ1n) is 12.0. The molecule has 0 bridgehead atoms. The van der Waals surface area contributed by atoms with Crippen LogP contribution in [0.2, 0.25) is 5.02 Å². The van der Waals surface area contributed by atoms with Crippen LogP contribution in [0, 0.1) is 5.92 Å². The van der Waals surface area contributed by atoms with Gasteiger partial charge in [0, 0.05) is 61.8 Å². The van der Waals surface area contributed by atoms with E-state index in [2.05, 4.69) is 34.1 Å². The summed E-state index contributed by atoms with van der Waals surface area (Å²) in [6, 6.07) is 17.9. The van der Waals surface area contributed by atoms with Gasteiger partial charge in [0.2, 0.25) is 5.91 Å². The number of piperazine rings is 1. The first kappa shape index (κ1) is 25.0. The molecule has 35 heavy (non-hydrogen) atoms. The molecule has 5 nitrogen and oxygen atoms in total. The van der Waals surface area contributed by atoms with E-state index in [9.17, 15) is 9.90 Å². The maximum atomic E-state index is 11.7. The zero-order valence-electron chi connectivity index (χ0n) is 20.5. The van der Waals surface area contributed by atoms with Crippen molar-refractivity contribution in [2.24, 2.45) is 5.92 Å². The van der Waals surface area contributed by atoms with Crippen LogP contribution in [0.5, 0.6) is 0 Å². The number of halogens is 1. The second-order valence-corrected chi connectivity index (χ2v) is 9.79. The van der Waals surface area contributed by atoms with E-state index in [-0.39, 0.29) is 11.8 Å². The molecular formula is C29H32ClN3O2. The van der Waals surface area contributed by atoms with Gasteiger partial charge in [-0.3, -0.25) is 9.78 Å². The third-order valence-electron chi connectivity index (χ3n) is 6.75. The molecule has 182 valence electrons. The fourth-order valence-electron chi connectivity index (χ4n) is 4.62. The molecule has 1 amide bonds. The lowest BCUT2D eigenvalue weighted by Crippen LogP contribution is -2.48. The molecule has 3 aromatic rings. The van der Waals surface area contributed by atoms with Crippen molar-refractivity contribution in [2.45, 2.75) is 26.4 Å². The first-order chi connectivity index (χ1) is 16.8. The molecule has 2 aromatic carbocycles. The molecule has 0 spiro atoms. The van der Waals surface area contributed by atoms with Gasteiger partial charge in [-0.25, -0.2) is 0 Å². The van der Waals surface area contributed by atoms with Crippen LogP contribution in [0.1, 0.15) is 43.0 Å². The number of anilines is 1. The summed E-state index contributed by atoms with van der Waals surface area (Å²) >= 11 is 6.48. The van der Waals surface area contributed by atoms with E-state index in [1.54, 1.807) is 19.3 Å². The predicted molar refractivity (Wildman–Crippen MR) is 143 cm³/mol. The van der Waals surface area contributed by atoms with Gasteiger partial charge in [-0.1, -0.05) is 55.8 Å². The standard InChI is InChI=1S/C29H32ClN3O2/c1-21(2)29(35,25-5-4-12-31-20-25)26-17-24(18-27(30)19-26)7-6-23-8-10-28(11-9-23)33-15-13-32(14-16-33)22(3)34/h4-12,17-21,35H,13-16H2,1-3H3/b7-6+. The Balaban J connectivity index is 1.52. The molecule has 1 aliphatic rings. The summed E-state index contributed by atoms with van der Waals surface area (Å²) in [7, 11) is 0. The topological polar surface area (TPSA) is 56.7 Å². The normalized spacial score (nSPS) is 16.1. The highest BCUT2D eigenvalue weighted by Gasteiger charge is 2.35. The molecule has 0 aliphatic carbocycles. The summed E-state index contributed by atoms with van der Waals surface area (Å²) in [6.45, 7) is 8.81. The number of hydrogen-bond acceptors (Lipinski definition) is 4. The second-order valence-electron chi connectivity index (χ2n) is 9.35. The number of amides is 1. The van der Waals surface area contributed by atoms with Crippen molar-refractivity contribution in [3.63, 3.8) is 0 Å². The minimum Gasteiger partial charge on any atom is -0.380 e. The monoisotopic (exact) mass is 489 g/mol. The van der Waals surface area contributed by atoms with Crippen LogP contribution in [-0.4, -0.2) is 47.1 Å². The maximum Gasteiger partial charge on any atom is 0.219 e. The molecule has 0 radical (unpaired) electrons. The first-order valence-corrected chi connectivity index (χ1v) is 12.4. The second kappa shape index (κ2) is 10.6. The van der Waals surface area contributed by atoms with Crippen LogP contribution >= 0.6 is 11.6 Å². The van der Waals surface area contributed by atoms with Crippen LogP contribution in [-0.2, 0) is 10.4 Å². The number of hydrogen-bond donors (Lipinski definition) is 1. The minimum atomic E-state index is -1.20. The van der Waals surface area contributed by atoms with E-state index in [4.69, 9.17) is 11.6 Å². The van der Waals surface area contributed by atoms with Crippen LogP contribution < -0.4 is 4.90 Å². The van der Waals surface area contributed by atoms with Crippen molar-refractivity contribution >= 4 is 35.3 Å². The molecule has 6 heteroatoms. The van der Waals surface area contributed by atoms with E-state index in [0.717, 1.165) is 54.1 Å². The average Bonchev–Trinajstić information content (AvgIpc) is 2.87. The van der Waals surface area contributed by atoms with Gasteiger partial charge >= 0.3 is 0 Å². The Bertz CT molecular complexity index is 1190. The summed E-state index contributed by atoms with van der Waals surface area (Å²) in [6.07, 6.45) is 7.47. The van der Waals surface area contributed by atoms with Gasteiger partial charge in [-0.05, 0) is 59.0 Å². The number of carbonyl (C=O) groups is 1. The molecule has 1 aliphatic heterocycles. The van der Waals surface area contributed by atoms with E-state index < -0.39 is 5.60 Å². The SMILES string of the molecule is CC(=O)N1CCN(c2ccc(/C=C/c3cc(Cl)cc(C(O)(c4cccnc4)C(C)C)c3)cc2)CC1. The summed E-state index contributed by atoms with van der Waals surface area (Å²) in [5.74, 6) is 0.0634. The van der Waals surface area contributed by atoms with Crippen molar-refractivity contribution in [3.8, 4) is 0 Å². The van der Waals surface area contributed by atoms with Crippen LogP contribution in [0.4, 0.5) is 5.69 Å². The molecule has 1 fully saturated rings. The molecule has 1 unspecified atom stereocenters. The van der Waals surface area contributed by atoms with Gasteiger partial charge in [-0.15, -0.1) is 0 Å². The van der Waals surface area contributed by atoms with E-state index in [0.29, 0.717) is 5.02 Å². The van der Waals surface area contributed by atoms with Crippen LogP contribution in [0.25, 0.3) is 12.2 Å². The van der Waals surface area contributed by atoms with Crippen molar-refractivity contribution < 1.29 is 9.90 Å². The molecule has 2 heterocycles. The Kier molecular flexibility index (Phi) is 7.58. The zero-order valence-corrected chi connectivity index (χ0v) is 21.2. The third kappa shape index (κ3) is 5.58. The largest absolute Gasteiger partial charge is 0.380 e. The van der Waals surface area contributed by atoms with Crippen molar-refractivity contribution in [1.29, 1.82) is 0 Å². The number of pyridine rings is 1. The van der Waals surface area contributed by atoms with Gasteiger partial charge in [-0.2, -0.15) is 0 Å². The lowest BCUT2D eigenvalue weighted by molar-refractivity contribution is -0.129. The zero-order chi connectivity index (χ0) is 25.0. The van der Waals surface area contributed by atoms with E-state index in [1.165, 1.54) is 0 Å². The van der Waals surface area contributed by atoms with Gasteiger partial charge in [0.25, 0.3) is 0 Å². The highest BCUT2D eigenvalue weighted by atomic mass is 35.5. The van der Waals surface area contributed by atoms with Crippen LogP contribution in [0.15, 0.2) is 67.0 Å². The molecule has 1 N–H and O–H groups in total. The Hall–Kier alpha value is -3.15. The predicted octanol–water partition coefficient (Wildman–Crippen LogP) is 5.47. The number of aromatic nitrogens is 1. The van der Waals surface area contributed by atoms with Gasteiger partial charge in [0.15, 0.2) is 0 Å². The number of nitrogens with zero attached hydrogens (tertiary/aromatic N) is 3. The molecule has 1 saturated heterocycles. The van der Waals surface area contributed by atoms with Gasteiger partial charge < -0.3 is 14.9 Å². The Labute approximate surface area is 212 Å². The molecule has 0 saturated carbocycles.